The molecule has 1 heterocycles. The lowest BCUT2D eigenvalue weighted by Gasteiger charge is -2.18. The second-order valence-corrected chi connectivity index (χ2v) is 5.58. The van der Waals surface area contributed by atoms with Gasteiger partial charge in [0.1, 0.15) is 0 Å². The van der Waals surface area contributed by atoms with Gasteiger partial charge < -0.3 is 10.4 Å². The van der Waals surface area contributed by atoms with Crippen LogP contribution in [0.5, 0.6) is 0 Å². The molecule has 0 bridgehead atoms. The monoisotopic (exact) mass is 302 g/mol. The third kappa shape index (κ3) is 3.69. The van der Waals surface area contributed by atoms with E-state index in [1.165, 1.54) is 10.9 Å². The van der Waals surface area contributed by atoms with Crippen LogP contribution in [0.4, 0.5) is 0 Å². The quantitative estimate of drug-likeness (QED) is 0.842. The molecule has 0 aliphatic carbocycles. The summed E-state index contributed by atoms with van der Waals surface area (Å²) in [5, 5.41) is 19.4. The van der Waals surface area contributed by atoms with Gasteiger partial charge in [-0.25, -0.2) is 4.68 Å². The lowest BCUT2D eigenvalue weighted by molar-refractivity contribution is -0.147. The van der Waals surface area contributed by atoms with Gasteiger partial charge in [0.15, 0.2) is 5.69 Å². The number of benzene rings is 1. The van der Waals surface area contributed by atoms with E-state index in [1.54, 1.807) is 13.8 Å². The van der Waals surface area contributed by atoms with Crippen LogP contribution in [0, 0.1) is 5.41 Å². The summed E-state index contributed by atoms with van der Waals surface area (Å²) in [5.41, 5.74) is 0.118. The van der Waals surface area contributed by atoms with Crippen molar-refractivity contribution < 1.29 is 14.7 Å². The molecular weight excluding hydrogens is 284 g/mol. The van der Waals surface area contributed by atoms with E-state index in [1.807, 2.05) is 30.3 Å². The molecule has 1 aromatic carbocycles. The number of carbonyl (C=O) groups excluding carboxylic acids is 1. The number of carbonyl (C=O) groups is 2. The summed E-state index contributed by atoms with van der Waals surface area (Å²) < 4.78 is 1.51. The Kier molecular flexibility index (Phi) is 4.55. The normalized spacial score (nSPS) is 11.2. The molecule has 116 valence electrons. The van der Waals surface area contributed by atoms with Crippen molar-refractivity contribution in [1.82, 2.24) is 20.3 Å². The molecule has 0 atom stereocenters. The van der Waals surface area contributed by atoms with Gasteiger partial charge in [-0.1, -0.05) is 23.4 Å². The predicted molar refractivity (Wildman–Crippen MR) is 79.7 cm³/mol. The van der Waals surface area contributed by atoms with Crippen LogP contribution in [-0.2, 0) is 4.79 Å². The Hall–Kier alpha value is -2.70. The molecule has 0 unspecified atom stereocenters. The molecule has 2 rings (SSSR count). The van der Waals surface area contributed by atoms with Gasteiger partial charge in [0.2, 0.25) is 0 Å². The van der Waals surface area contributed by atoms with Crippen molar-refractivity contribution in [2.45, 2.75) is 20.3 Å². The Morgan fingerprint density at radius 2 is 1.95 bits per heavy atom. The minimum absolute atomic E-state index is 0.192. The highest BCUT2D eigenvalue weighted by molar-refractivity contribution is 5.91. The SMILES string of the molecule is CC(C)(CCNC(=O)c1cn(-c2ccccc2)nn1)C(=O)O. The number of aromatic nitrogens is 3. The maximum atomic E-state index is 12.0. The Morgan fingerprint density at radius 3 is 2.59 bits per heavy atom. The van der Waals surface area contributed by atoms with Gasteiger partial charge in [0, 0.05) is 6.54 Å². The largest absolute Gasteiger partial charge is 0.481 e. The van der Waals surface area contributed by atoms with Gasteiger partial charge in [0.05, 0.1) is 17.3 Å². The molecule has 1 aromatic heterocycles. The number of nitrogens with zero attached hydrogens (tertiary/aromatic N) is 3. The van der Waals surface area contributed by atoms with Crippen LogP contribution >= 0.6 is 0 Å². The smallest absolute Gasteiger partial charge is 0.309 e. The third-order valence-corrected chi connectivity index (χ3v) is 3.36. The Labute approximate surface area is 128 Å². The van der Waals surface area contributed by atoms with Crippen LogP contribution in [0.1, 0.15) is 30.8 Å². The summed E-state index contributed by atoms with van der Waals surface area (Å²) >= 11 is 0. The predicted octanol–water partition coefficient (Wildman–Crippen LogP) is 1.50. The number of rotatable bonds is 6. The minimum atomic E-state index is -0.892. The lowest BCUT2D eigenvalue weighted by atomic mass is 9.90. The van der Waals surface area contributed by atoms with E-state index in [2.05, 4.69) is 15.6 Å². The fraction of sp³-hybridized carbons (Fsp3) is 0.333. The van der Waals surface area contributed by atoms with Crippen molar-refractivity contribution in [2.24, 2.45) is 5.41 Å². The van der Waals surface area contributed by atoms with Gasteiger partial charge >= 0.3 is 5.97 Å². The van der Waals surface area contributed by atoms with Gasteiger partial charge in [-0.2, -0.15) is 0 Å². The summed E-state index contributed by atoms with van der Waals surface area (Å²) in [7, 11) is 0. The van der Waals surface area contributed by atoms with Crippen LogP contribution in [0.15, 0.2) is 36.5 Å². The van der Waals surface area contributed by atoms with Crippen LogP contribution in [-0.4, -0.2) is 38.5 Å². The molecule has 2 aromatic rings. The summed E-state index contributed by atoms with van der Waals surface area (Å²) in [5.74, 6) is -1.26. The van der Waals surface area contributed by atoms with Crippen molar-refractivity contribution in [3.8, 4) is 5.69 Å². The molecule has 0 spiro atoms. The summed E-state index contributed by atoms with van der Waals surface area (Å²) in [6.45, 7) is 3.50. The van der Waals surface area contributed by atoms with E-state index >= 15 is 0 Å². The van der Waals surface area contributed by atoms with Gasteiger partial charge in [-0.3, -0.25) is 9.59 Å². The van der Waals surface area contributed by atoms with E-state index in [-0.39, 0.29) is 18.1 Å². The third-order valence-electron chi connectivity index (χ3n) is 3.36. The molecule has 7 heteroatoms. The van der Waals surface area contributed by atoms with E-state index in [0.29, 0.717) is 6.42 Å². The second-order valence-electron chi connectivity index (χ2n) is 5.58. The fourth-order valence-electron chi connectivity index (χ4n) is 1.76. The number of nitrogens with one attached hydrogen (secondary N) is 1. The summed E-state index contributed by atoms with van der Waals surface area (Å²) in [6, 6.07) is 9.32. The zero-order valence-corrected chi connectivity index (χ0v) is 12.5. The van der Waals surface area contributed by atoms with E-state index < -0.39 is 11.4 Å². The van der Waals surface area contributed by atoms with Crippen LogP contribution in [0.2, 0.25) is 0 Å². The molecule has 0 aliphatic rings. The highest BCUT2D eigenvalue weighted by Gasteiger charge is 2.26. The number of aliphatic carboxylic acids is 1. The van der Waals surface area contributed by atoms with Crippen LogP contribution in [0.25, 0.3) is 5.69 Å². The Balaban J connectivity index is 1.94. The molecular formula is C15H18N4O3. The van der Waals surface area contributed by atoms with E-state index in [0.717, 1.165) is 5.69 Å². The van der Waals surface area contributed by atoms with Crippen molar-refractivity contribution in [2.75, 3.05) is 6.54 Å². The summed E-state index contributed by atoms with van der Waals surface area (Å²) in [6.07, 6.45) is 1.87. The highest BCUT2D eigenvalue weighted by atomic mass is 16.4. The number of amides is 1. The topological polar surface area (TPSA) is 97.1 Å². The molecule has 0 radical (unpaired) electrons. The molecule has 2 N–H and O–H groups in total. The molecule has 1 amide bonds. The zero-order chi connectivity index (χ0) is 16.2. The van der Waals surface area contributed by atoms with Crippen molar-refractivity contribution in [3.05, 3.63) is 42.2 Å². The summed E-state index contributed by atoms with van der Waals surface area (Å²) in [4.78, 5) is 23.0. The standard InChI is InChI=1S/C15H18N4O3/c1-15(2,14(21)22)8-9-16-13(20)12-10-19(18-17-12)11-6-4-3-5-7-11/h3-7,10H,8-9H2,1-2H3,(H,16,20)(H,21,22). The van der Waals surface area contributed by atoms with E-state index in [9.17, 15) is 9.59 Å². The zero-order valence-electron chi connectivity index (χ0n) is 12.5. The van der Waals surface area contributed by atoms with Gasteiger partial charge in [0.25, 0.3) is 5.91 Å². The number of hydrogen-bond acceptors (Lipinski definition) is 4. The second kappa shape index (κ2) is 6.38. The average Bonchev–Trinajstić information content (AvgIpc) is 2.97. The average molecular weight is 302 g/mol. The molecule has 0 saturated carbocycles. The maximum absolute atomic E-state index is 12.0. The van der Waals surface area contributed by atoms with E-state index in [4.69, 9.17) is 5.11 Å². The number of carboxylic acids is 1. The molecule has 7 nitrogen and oxygen atoms in total. The van der Waals surface area contributed by atoms with Crippen molar-refractivity contribution in [3.63, 3.8) is 0 Å². The Morgan fingerprint density at radius 1 is 1.27 bits per heavy atom. The first kappa shape index (κ1) is 15.7. The first-order valence-corrected chi connectivity index (χ1v) is 6.89. The van der Waals surface area contributed by atoms with Crippen LogP contribution < -0.4 is 5.32 Å². The van der Waals surface area contributed by atoms with Gasteiger partial charge in [-0.05, 0) is 32.4 Å². The minimum Gasteiger partial charge on any atom is -0.481 e. The number of carboxylic acid groups (broad SMARTS) is 1. The highest BCUT2D eigenvalue weighted by Crippen LogP contribution is 2.19. The van der Waals surface area contributed by atoms with Crippen molar-refractivity contribution >= 4 is 11.9 Å². The maximum Gasteiger partial charge on any atom is 0.309 e. The molecule has 0 saturated heterocycles. The van der Waals surface area contributed by atoms with Gasteiger partial charge in [-0.15, -0.1) is 5.10 Å². The Bertz CT molecular complexity index is 664. The van der Waals surface area contributed by atoms with Crippen molar-refractivity contribution in [1.29, 1.82) is 0 Å². The molecule has 0 aliphatic heterocycles. The van der Waals surface area contributed by atoms with Crippen LogP contribution in [0.3, 0.4) is 0 Å². The lowest BCUT2D eigenvalue weighted by Crippen LogP contribution is -2.32. The molecule has 22 heavy (non-hydrogen) atoms. The first-order valence-electron chi connectivity index (χ1n) is 6.89. The molecule has 0 fully saturated rings. The fourth-order valence-corrected chi connectivity index (χ4v) is 1.76. The number of para-hydroxylation sites is 1. The number of hydrogen-bond donors (Lipinski definition) is 2. The first-order chi connectivity index (χ1) is 10.4.